The van der Waals surface area contributed by atoms with Crippen molar-refractivity contribution in [1.29, 1.82) is 0 Å². The van der Waals surface area contributed by atoms with Gasteiger partial charge in [-0.3, -0.25) is 9.69 Å². The lowest BCUT2D eigenvalue weighted by atomic mass is 10.0. The molecule has 2 fully saturated rings. The normalized spacial score (nSPS) is 24.5. The molecule has 2 aromatic rings. The van der Waals surface area contributed by atoms with Gasteiger partial charge in [0.15, 0.2) is 9.84 Å². The van der Waals surface area contributed by atoms with Gasteiger partial charge >= 0.3 is 0 Å². The fourth-order valence-electron chi connectivity index (χ4n) is 4.44. The molecule has 0 aliphatic carbocycles. The lowest BCUT2D eigenvalue weighted by Gasteiger charge is -2.40. The van der Waals surface area contributed by atoms with E-state index in [0.29, 0.717) is 38.0 Å². The van der Waals surface area contributed by atoms with Gasteiger partial charge in [-0.2, -0.15) is 0 Å². The molecule has 2 atom stereocenters. The van der Waals surface area contributed by atoms with Gasteiger partial charge in [-0.25, -0.2) is 12.8 Å². The van der Waals surface area contributed by atoms with Crippen LogP contribution in [0, 0.1) is 5.82 Å². The molecule has 2 aliphatic heterocycles. The van der Waals surface area contributed by atoms with E-state index in [9.17, 15) is 17.6 Å². The van der Waals surface area contributed by atoms with Crippen molar-refractivity contribution >= 4 is 15.7 Å². The number of benzene rings is 2. The number of carbonyl (C=O) groups is 1. The molecule has 154 valence electrons. The largest absolute Gasteiger partial charge is 0.333 e. The first-order valence-electron chi connectivity index (χ1n) is 9.98. The Morgan fingerprint density at radius 1 is 0.966 bits per heavy atom. The van der Waals surface area contributed by atoms with Crippen LogP contribution in [0.3, 0.4) is 0 Å². The highest BCUT2D eigenvalue weighted by atomic mass is 32.2. The topological polar surface area (TPSA) is 57.7 Å². The van der Waals surface area contributed by atoms with Gasteiger partial charge in [-0.15, -0.1) is 0 Å². The van der Waals surface area contributed by atoms with Gasteiger partial charge in [-0.1, -0.05) is 30.3 Å². The van der Waals surface area contributed by atoms with Gasteiger partial charge in [0.2, 0.25) is 0 Å². The summed E-state index contributed by atoms with van der Waals surface area (Å²) in [5.74, 6) is -0.343. The summed E-state index contributed by atoms with van der Waals surface area (Å²) < 4.78 is 38.7. The van der Waals surface area contributed by atoms with E-state index in [0.717, 1.165) is 5.56 Å². The number of hydrogen-bond acceptors (Lipinski definition) is 4. The molecule has 1 amide bonds. The van der Waals surface area contributed by atoms with Crippen LogP contribution >= 0.6 is 0 Å². The van der Waals surface area contributed by atoms with E-state index in [1.165, 1.54) is 12.1 Å². The Hall–Kier alpha value is -2.25. The van der Waals surface area contributed by atoms with Crippen molar-refractivity contribution in [1.82, 2.24) is 9.80 Å². The lowest BCUT2D eigenvalue weighted by molar-refractivity contribution is 0.0665. The Balaban J connectivity index is 1.53. The highest BCUT2D eigenvalue weighted by Crippen LogP contribution is 2.29. The molecule has 0 N–H and O–H groups in total. The first-order chi connectivity index (χ1) is 13.9. The summed E-state index contributed by atoms with van der Waals surface area (Å²) in [4.78, 5) is 17.0. The average molecular weight is 417 g/mol. The Bertz CT molecular complexity index is 963. The number of halogens is 1. The molecule has 0 aromatic heterocycles. The van der Waals surface area contributed by atoms with E-state index >= 15 is 0 Å². The highest BCUT2D eigenvalue weighted by Gasteiger charge is 2.44. The standard InChI is InChI=1S/C22H25FN2O3S/c23-19-8-6-17(7-9-19)16-24-12-10-20-21(11-13-24)29(27,28)15-14-25(20)22(26)18-4-2-1-3-5-18/h1-9,20-21H,10-16H2/t20-,21+/m0/s1. The van der Waals surface area contributed by atoms with Gasteiger partial charge in [0.1, 0.15) is 5.82 Å². The molecule has 0 bridgehead atoms. The van der Waals surface area contributed by atoms with Crippen LogP contribution in [0.1, 0.15) is 28.8 Å². The second-order valence-corrected chi connectivity index (χ2v) is 10.2. The van der Waals surface area contributed by atoms with Gasteiger partial charge < -0.3 is 4.90 Å². The van der Waals surface area contributed by atoms with Crippen LogP contribution in [0.2, 0.25) is 0 Å². The summed E-state index contributed by atoms with van der Waals surface area (Å²) in [6, 6.07) is 15.2. The summed E-state index contributed by atoms with van der Waals surface area (Å²) in [6.45, 7) is 2.24. The third-order valence-corrected chi connectivity index (χ3v) is 8.20. The maximum absolute atomic E-state index is 13.2. The summed E-state index contributed by atoms with van der Waals surface area (Å²) >= 11 is 0. The van der Waals surface area contributed by atoms with E-state index in [1.54, 1.807) is 29.2 Å². The minimum Gasteiger partial charge on any atom is -0.333 e. The number of carbonyl (C=O) groups excluding carboxylic acids is 1. The molecule has 5 nitrogen and oxygen atoms in total. The molecule has 0 spiro atoms. The van der Waals surface area contributed by atoms with E-state index in [1.807, 2.05) is 18.2 Å². The maximum Gasteiger partial charge on any atom is 0.254 e. The first-order valence-corrected chi connectivity index (χ1v) is 11.7. The van der Waals surface area contributed by atoms with Crippen molar-refractivity contribution in [2.24, 2.45) is 0 Å². The van der Waals surface area contributed by atoms with Crippen molar-refractivity contribution in [3.8, 4) is 0 Å². The molecule has 2 saturated heterocycles. The number of hydrogen-bond donors (Lipinski definition) is 0. The zero-order valence-corrected chi connectivity index (χ0v) is 17.0. The second kappa shape index (κ2) is 8.24. The molecule has 2 aromatic carbocycles. The predicted octanol–water partition coefficient (Wildman–Crippen LogP) is 2.73. The second-order valence-electron chi connectivity index (χ2n) is 7.82. The molecule has 4 rings (SSSR count). The molecule has 29 heavy (non-hydrogen) atoms. The average Bonchev–Trinajstić information content (AvgIpc) is 2.94. The molecule has 0 saturated carbocycles. The van der Waals surface area contributed by atoms with Crippen LogP contribution in [0.4, 0.5) is 4.39 Å². The first kappa shape index (κ1) is 20.0. The van der Waals surface area contributed by atoms with Crippen molar-refractivity contribution in [3.63, 3.8) is 0 Å². The minimum atomic E-state index is -3.23. The number of amides is 1. The molecular formula is C22H25FN2O3S. The molecule has 2 heterocycles. The van der Waals surface area contributed by atoms with Gasteiger partial charge in [-0.05, 0) is 49.2 Å². The SMILES string of the molecule is O=C(c1ccccc1)N1CCS(=O)(=O)[C@@H]2CCN(Cc3ccc(F)cc3)CC[C@@H]21. The summed E-state index contributed by atoms with van der Waals surface area (Å²) in [5.41, 5.74) is 1.59. The van der Waals surface area contributed by atoms with Crippen LogP contribution in [0.15, 0.2) is 54.6 Å². The molecule has 0 unspecified atom stereocenters. The fraction of sp³-hybridized carbons (Fsp3) is 0.409. The van der Waals surface area contributed by atoms with Crippen LogP contribution < -0.4 is 0 Å². The van der Waals surface area contributed by atoms with Crippen LogP contribution in [0.5, 0.6) is 0 Å². The zero-order chi connectivity index (χ0) is 20.4. The Kier molecular flexibility index (Phi) is 5.69. The third-order valence-electron chi connectivity index (χ3n) is 5.98. The summed E-state index contributed by atoms with van der Waals surface area (Å²) in [5, 5.41) is -0.526. The monoisotopic (exact) mass is 416 g/mol. The zero-order valence-electron chi connectivity index (χ0n) is 16.2. The smallest absolute Gasteiger partial charge is 0.254 e. The predicted molar refractivity (Wildman–Crippen MR) is 110 cm³/mol. The van der Waals surface area contributed by atoms with E-state index < -0.39 is 15.1 Å². The number of fused-ring (bicyclic) bond motifs is 1. The number of likely N-dealkylation sites (tertiary alicyclic amines) is 1. The third kappa shape index (κ3) is 4.36. The number of sulfone groups is 1. The molecule has 0 radical (unpaired) electrons. The number of rotatable bonds is 3. The summed E-state index contributed by atoms with van der Waals surface area (Å²) in [7, 11) is -3.23. The molecule has 2 aliphatic rings. The highest BCUT2D eigenvalue weighted by molar-refractivity contribution is 7.92. The number of nitrogens with zero attached hydrogens (tertiary/aromatic N) is 2. The van der Waals surface area contributed by atoms with E-state index in [2.05, 4.69) is 4.90 Å². The van der Waals surface area contributed by atoms with E-state index in [-0.39, 0.29) is 30.1 Å². The van der Waals surface area contributed by atoms with Crippen LogP contribution in [0.25, 0.3) is 0 Å². The Morgan fingerprint density at radius 3 is 2.38 bits per heavy atom. The van der Waals surface area contributed by atoms with Gasteiger partial charge in [0, 0.05) is 25.2 Å². The van der Waals surface area contributed by atoms with Gasteiger partial charge in [0.05, 0.1) is 17.0 Å². The van der Waals surface area contributed by atoms with Crippen molar-refractivity contribution in [2.45, 2.75) is 30.7 Å². The minimum absolute atomic E-state index is 0.0186. The quantitative estimate of drug-likeness (QED) is 0.772. The van der Waals surface area contributed by atoms with Gasteiger partial charge in [0.25, 0.3) is 5.91 Å². The van der Waals surface area contributed by atoms with Crippen molar-refractivity contribution in [2.75, 3.05) is 25.4 Å². The van der Waals surface area contributed by atoms with Crippen molar-refractivity contribution < 1.29 is 17.6 Å². The molecular weight excluding hydrogens is 391 g/mol. The lowest BCUT2D eigenvalue weighted by Crippen LogP contribution is -2.56. The van der Waals surface area contributed by atoms with Crippen LogP contribution in [-0.2, 0) is 16.4 Å². The van der Waals surface area contributed by atoms with Crippen LogP contribution in [-0.4, -0.2) is 60.8 Å². The Labute approximate surface area is 171 Å². The van der Waals surface area contributed by atoms with Crippen molar-refractivity contribution in [3.05, 3.63) is 71.5 Å². The molecule has 7 heteroatoms. The van der Waals surface area contributed by atoms with E-state index in [4.69, 9.17) is 0 Å². The Morgan fingerprint density at radius 2 is 1.66 bits per heavy atom. The summed E-state index contributed by atoms with van der Waals surface area (Å²) in [6.07, 6.45) is 1.12. The fourth-order valence-corrected chi connectivity index (χ4v) is 6.42. The maximum atomic E-state index is 13.2.